The summed E-state index contributed by atoms with van der Waals surface area (Å²) in [6.45, 7) is 0.859. The topological polar surface area (TPSA) is 56.2 Å². The Morgan fingerprint density at radius 2 is 1.91 bits per heavy atom. The zero-order chi connectivity index (χ0) is 16.2. The van der Waals surface area contributed by atoms with Crippen molar-refractivity contribution >= 4 is 23.1 Å². The minimum Gasteiger partial charge on any atom is -0.330 e. The van der Waals surface area contributed by atoms with Crippen LogP contribution >= 0.6 is 0 Å². The number of hydrogen-bond donors (Lipinski definition) is 2. The predicted molar refractivity (Wildman–Crippen MR) is 89.5 cm³/mol. The molecule has 0 spiro atoms. The van der Waals surface area contributed by atoms with Crippen LogP contribution in [0.1, 0.15) is 18.4 Å². The van der Waals surface area contributed by atoms with Gasteiger partial charge in [0.1, 0.15) is 11.7 Å². The molecular weight excluding hydrogens is 293 g/mol. The monoisotopic (exact) mass is 311 g/mol. The van der Waals surface area contributed by atoms with Crippen LogP contribution in [0, 0.1) is 11.2 Å². The lowest BCUT2D eigenvalue weighted by atomic mass is 10.1. The van der Waals surface area contributed by atoms with Crippen LogP contribution in [0.4, 0.5) is 15.8 Å². The average Bonchev–Trinajstić information content (AvgIpc) is 2.96. The molecule has 23 heavy (non-hydrogen) atoms. The average molecular weight is 311 g/mol. The van der Waals surface area contributed by atoms with E-state index in [9.17, 15) is 9.18 Å². The third kappa shape index (κ3) is 3.56. The number of amides is 1. The minimum absolute atomic E-state index is 0.00515. The molecule has 0 aliphatic carbocycles. The van der Waals surface area contributed by atoms with Gasteiger partial charge in [0.05, 0.1) is 6.42 Å². The van der Waals surface area contributed by atoms with E-state index in [4.69, 9.17) is 5.41 Å². The number of carbonyl (C=O) groups is 1. The smallest absolute Gasteiger partial charge is 0.228 e. The highest BCUT2D eigenvalue weighted by Gasteiger charge is 2.18. The molecule has 0 bridgehead atoms. The fourth-order valence-corrected chi connectivity index (χ4v) is 2.70. The van der Waals surface area contributed by atoms with Gasteiger partial charge in [-0.3, -0.25) is 10.2 Å². The molecule has 0 unspecified atom stereocenters. The quantitative estimate of drug-likeness (QED) is 0.906. The molecule has 2 aromatic carbocycles. The highest BCUT2D eigenvalue weighted by atomic mass is 19.1. The zero-order valence-electron chi connectivity index (χ0n) is 12.7. The molecule has 118 valence electrons. The Morgan fingerprint density at radius 3 is 2.57 bits per heavy atom. The van der Waals surface area contributed by atoms with Gasteiger partial charge in [-0.15, -0.1) is 0 Å². The molecule has 0 atom stereocenters. The van der Waals surface area contributed by atoms with Gasteiger partial charge in [0.2, 0.25) is 5.91 Å². The molecule has 0 saturated carbocycles. The van der Waals surface area contributed by atoms with Crippen molar-refractivity contribution < 1.29 is 9.18 Å². The molecule has 2 aromatic rings. The maximum Gasteiger partial charge on any atom is 0.228 e. The molecular formula is C18H18FN3O. The largest absolute Gasteiger partial charge is 0.330 e. The number of anilines is 2. The van der Waals surface area contributed by atoms with Crippen LogP contribution in [0.25, 0.3) is 0 Å². The maximum atomic E-state index is 13.5. The summed E-state index contributed by atoms with van der Waals surface area (Å²) in [4.78, 5) is 14.0. The summed E-state index contributed by atoms with van der Waals surface area (Å²) in [6.07, 6.45) is 1.81. The number of amidine groups is 1. The lowest BCUT2D eigenvalue weighted by Crippen LogP contribution is -2.23. The SMILES string of the molecule is N=C1CCCN1c1ccc(NC(=O)Cc2ccccc2F)cc1. The Balaban J connectivity index is 1.63. The lowest BCUT2D eigenvalue weighted by Gasteiger charge is -2.18. The zero-order valence-corrected chi connectivity index (χ0v) is 12.7. The van der Waals surface area contributed by atoms with Crippen molar-refractivity contribution in [2.24, 2.45) is 0 Å². The third-order valence-electron chi connectivity index (χ3n) is 3.89. The van der Waals surface area contributed by atoms with Crippen molar-refractivity contribution in [1.29, 1.82) is 5.41 Å². The van der Waals surface area contributed by atoms with Gasteiger partial charge < -0.3 is 10.2 Å². The summed E-state index contributed by atoms with van der Waals surface area (Å²) in [6, 6.07) is 13.7. The third-order valence-corrected chi connectivity index (χ3v) is 3.89. The van der Waals surface area contributed by atoms with Gasteiger partial charge in [-0.2, -0.15) is 0 Å². The van der Waals surface area contributed by atoms with Crippen LogP contribution in [-0.4, -0.2) is 18.3 Å². The Labute approximate surface area is 134 Å². The van der Waals surface area contributed by atoms with Gasteiger partial charge in [0.25, 0.3) is 0 Å². The second-order valence-electron chi connectivity index (χ2n) is 5.57. The van der Waals surface area contributed by atoms with Crippen molar-refractivity contribution in [3.8, 4) is 0 Å². The molecule has 5 heteroatoms. The fraction of sp³-hybridized carbons (Fsp3) is 0.222. The second kappa shape index (κ2) is 6.60. The van der Waals surface area contributed by atoms with Gasteiger partial charge >= 0.3 is 0 Å². The second-order valence-corrected chi connectivity index (χ2v) is 5.57. The molecule has 1 aliphatic heterocycles. The highest BCUT2D eigenvalue weighted by Crippen LogP contribution is 2.23. The molecule has 1 saturated heterocycles. The number of benzene rings is 2. The molecule has 3 rings (SSSR count). The molecule has 1 aliphatic rings. The Bertz CT molecular complexity index is 727. The Morgan fingerprint density at radius 1 is 1.17 bits per heavy atom. The summed E-state index contributed by atoms with van der Waals surface area (Å²) in [7, 11) is 0. The summed E-state index contributed by atoms with van der Waals surface area (Å²) >= 11 is 0. The van der Waals surface area contributed by atoms with Crippen LogP contribution in [0.5, 0.6) is 0 Å². The van der Waals surface area contributed by atoms with Crippen LogP contribution in [-0.2, 0) is 11.2 Å². The maximum absolute atomic E-state index is 13.5. The molecule has 0 radical (unpaired) electrons. The van der Waals surface area contributed by atoms with Crippen molar-refractivity contribution in [1.82, 2.24) is 0 Å². The van der Waals surface area contributed by atoms with E-state index < -0.39 is 0 Å². The van der Waals surface area contributed by atoms with Gasteiger partial charge in [-0.05, 0) is 42.3 Å². The fourth-order valence-electron chi connectivity index (χ4n) is 2.70. The summed E-state index contributed by atoms with van der Waals surface area (Å²) in [5, 5.41) is 10.6. The first-order valence-electron chi connectivity index (χ1n) is 7.62. The van der Waals surface area contributed by atoms with Crippen molar-refractivity contribution in [2.45, 2.75) is 19.3 Å². The van der Waals surface area contributed by atoms with Crippen LogP contribution in [0.3, 0.4) is 0 Å². The number of halogens is 1. The van der Waals surface area contributed by atoms with Crippen molar-refractivity contribution in [2.75, 3.05) is 16.8 Å². The van der Waals surface area contributed by atoms with E-state index >= 15 is 0 Å². The number of carbonyl (C=O) groups excluding carboxylic acids is 1. The van der Waals surface area contributed by atoms with Gasteiger partial charge in [-0.25, -0.2) is 4.39 Å². The minimum atomic E-state index is -0.370. The van der Waals surface area contributed by atoms with Crippen molar-refractivity contribution in [3.05, 3.63) is 59.9 Å². The van der Waals surface area contributed by atoms with Crippen LogP contribution < -0.4 is 10.2 Å². The highest BCUT2D eigenvalue weighted by molar-refractivity contribution is 5.98. The van der Waals surface area contributed by atoms with Gasteiger partial charge in [0.15, 0.2) is 0 Å². The van der Waals surface area contributed by atoms with Crippen LogP contribution in [0.2, 0.25) is 0 Å². The standard InChI is InChI=1S/C18H18FN3O/c19-16-5-2-1-4-13(16)12-18(23)21-14-7-9-15(10-8-14)22-11-3-6-17(22)20/h1-2,4-5,7-10,20H,3,6,11-12H2,(H,21,23). The lowest BCUT2D eigenvalue weighted by molar-refractivity contribution is -0.115. The molecule has 4 nitrogen and oxygen atoms in total. The molecule has 1 amide bonds. The van der Waals surface area contributed by atoms with E-state index in [0.717, 1.165) is 25.1 Å². The Hall–Kier alpha value is -2.69. The number of rotatable bonds is 4. The van der Waals surface area contributed by atoms with E-state index in [1.165, 1.54) is 6.07 Å². The van der Waals surface area contributed by atoms with E-state index in [-0.39, 0.29) is 18.1 Å². The van der Waals surface area contributed by atoms with Gasteiger partial charge in [-0.1, -0.05) is 18.2 Å². The number of hydrogen-bond acceptors (Lipinski definition) is 2. The molecule has 1 fully saturated rings. The molecule has 1 heterocycles. The predicted octanol–water partition coefficient (Wildman–Crippen LogP) is 3.58. The summed E-state index contributed by atoms with van der Waals surface area (Å²) in [5.74, 6) is 0.00338. The van der Waals surface area contributed by atoms with E-state index in [1.54, 1.807) is 30.3 Å². The van der Waals surface area contributed by atoms with E-state index in [1.807, 2.05) is 17.0 Å². The number of nitrogens with one attached hydrogen (secondary N) is 2. The normalized spacial score (nSPS) is 14.1. The first-order valence-corrected chi connectivity index (χ1v) is 7.62. The van der Waals surface area contributed by atoms with E-state index in [0.29, 0.717) is 17.1 Å². The molecule has 2 N–H and O–H groups in total. The van der Waals surface area contributed by atoms with E-state index in [2.05, 4.69) is 5.32 Å². The summed E-state index contributed by atoms with van der Waals surface area (Å²) in [5.41, 5.74) is 2.01. The molecule has 0 aromatic heterocycles. The van der Waals surface area contributed by atoms with Crippen LogP contribution in [0.15, 0.2) is 48.5 Å². The summed E-state index contributed by atoms with van der Waals surface area (Å²) < 4.78 is 13.5. The first-order chi connectivity index (χ1) is 11.1. The van der Waals surface area contributed by atoms with Crippen molar-refractivity contribution in [3.63, 3.8) is 0 Å². The number of nitrogens with zero attached hydrogens (tertiary/aromatic N) is 1. The van der Waals surface area contributed by atoms with Gasteiger partial charge in [0, 0.05) is 24.3 Å². The Kier molecular flexibility index (Phi) is 4.37. The first kappa shape index (κ1) is 15.2.